The Bertz CT molecular complexity index is 1020. The van der Waals surface area contributed by atoms with Crippen LogP contribution in [0.25, 0.3) is 10.6 Å². The molecule has 158 valence electrons. The quantitative estimate of drug-likeness (QED) is 0.609. The molecule has 1 fully saturated rings. The molecule has 30 heavy (non-hydrogen) atoms. The maximum Gasteiger partial charge on any atom is 0.265 e. The van der Waals surface area contributed by atoms with Crippen molar-refractivity contribution in [2.24, 2.45) is 0 Å². The van der Waals surface area contributed by atoms with E-state index in [2.05, 4.69) is 15.5 Å². The van der Waals surface area contributed by atoms with Gasteiger partial charge in [0.1, 0.15) is 11.4 Å². The van der Waals surface area contributed by atoms with Crippen molar-refractivity contribution in [3.8, 4) is 16.3 Å². The summed E-state index contributed by atoms with van der Waals surface area (Å²) in [6.45, 7) is 0.321. The number of nitrogens with one attached hydrogen (secondary N) is 2. The Kier molecular flexibility index (Phi) is 5.72. The van der Waals surface area contributed by atoms with Crippen molar-refractivity contribution in [2.75, 3.05) is 25.1 Å². The number of carbonyl (C=O) groups excluding carboxylic acids is 1. The number of methoxy groups -OCH3 is 1. The first-order chi connectivity index (χ1) is 14.4. The molecule has 1 aromatic carbocycles. The largest absolute Gasteiger partial charge is 0.497 e. The maximum atomic E-state index is 13.9. The van der Waals surface area contributed by atoms with E-state index >= 15 is 0 Å². The van der Waals surface area contributed by atoms with Crippen molar-refractivity contribution in [1.82, 2.24) is 15.5 Å². The van der Waals surface area contributed by atoms with E-state index in [0.717, 1.165) is 16.3 Å². The van der Waals surface area contributed by atoms with Gasteiger partial charge < -0.3 is 15.0 Å². The monoisotopic (exact) mass is 432 g/mol. The summed E-state index contributed by atoms with van der Waals surface area (Å²) >= 11 is 1.58. The van der Waals surface area contributed by atoms with Gasteiger partial charge in [0.05, 0.1) is 36.3 Å². The van der Waals surface area contributed by atoms with Crippen LogP contribution in [0.15, 0.2) is 41.8 Å². The highest BCUT2D eigenvalue weighted by Crippen LogP contribution is 2.33. The summed E-state index contributed by atoms with van der Waals surface area (Å²) in [5, 5.41) is 12.0. The zero-order chi connectivity index (χ0) is 21.1. The van der Waals surface area contributed by atoms with Crippen LogP contribution in [-0.2, 0) is 6.54 Å². The first kappa shape index (κ1) is 20.3. The Labute approximate surface area is 176 Å². The molecular formula is C21H22F2N4O2S. The Balaban J connectivity index is 1.51. The first-order valence-corrected chi connectivity index (χ1v) is 10.5. The van der Waals surface area contributed by atoms with Gasteiger partial charge in [-0.2, -0.15) is 5.10 Å². The molecule has 4 rings (SSSR count). The molecule has 0 bridgehead atoms. The second-order valence-corrected chi connectivity index (χ2v) is 8.15. The smallest absolute Gasteiger partial charge is 0.265 e. The number of carbonyl (C=O) groups is 1. The third-order valence-electron chi connectivity index (χ3n) is 5.03. The number of hydrogen-bond acceptors (Lipinski definition) is 5. The summed E-state index contributed by atoms with van der Waals surface area (Å²) < 4.78 is 33.1. The summed E-state index contributed by atoms with van der Waals surface area (Å²) in [7, 11) is 1.50. The van der Waals surface area contributed by atoms with Crippen molar-refractivity contribution < 1.29 is 18.3 Å². The van der Waals surface area contributed by atoms with Gasteiger partial charge in [-0.25, -0.2) is 8.78 Å². The van der Waals surface area contributed by atoms with E-state index in [-0.39, 0.29) is 18.9 Å². The molecule has 2 N–H and O–H groups in total. The summed E-state index contributed by atoms with van der Waals surface area (Å²) in [5.74, 6) is -2.63. The van der Waals surface area contributed by atoms with Crippen LogP contribution in [-0.4, -0.2) is 42.2 Å². The highest BCUT2D eigenvalue weighted by molar-refractivity contribution is 7.13. The normalized spacial score (nSPS) is 15.8. The number of anilines is 1. The number of nitrogens with zero attached hydrogens (tertiary/aromatic N) is 2. The number of aromatic nitrogens is 2. The molecule has 6 nitrogen and oxygen atoms in total. The van der Waals surface area contributed by atoms with Gasteiger partial charge in [0.15, 0.2) is 0 Å². The number of halogens is 2. The summed E-state index contributed by atoms with van der Waals surface area (Å²) in [6.07, 6.45) is 0.243. The lowest BCUT2D eigenvalue weighted by Crippen LogP contribution is -2.43. The Hall–Kier alpha value is -2.94. The molecule has 3 heterocycles. The summed E-state index contributed by atoms with van der Waals surface area (Å²) in [4.78, 5) is 15.5. The van der Waals surface area contributed by atoms with Gasteiger partial charge in [-0.1, -0.05) is 6.07 Å². The fourth-order valence-electron chi connectivity index (χ4n) is 3.54. The van der Waals surface area contributed by atoms with Gasteiger partial charge in [0.25, 0.3) is 11.8 Å². The predicted octanol–water partition coefficient (Wildman–Crippen LogP) is 4.31. The van der Waals surface area contributed by atoms with Gasteiger partial charge in [-0.15, -0.1) is 11.3 Å². The lowest BCUT2D eigenvalue weighted by Gasteiger charge is -2.35. The standard InChI is InChI=1S/C21H22F2N4O2S/c1-29-15-5-6-18(27-8-3-7-21(22,23)13-27)16(11-15)20(28)24-12-14-10-17(26-25-14)19-4-2-9-30-19/h2,4-6,9-11H,3,7-8,12-13H2,1H3,(H,24,28)(H,25,26). The van der Waals surface area contributed by atoms with Crippen LogP contribution >= 0.6 is 11.3 Å². The number of alkyl halides is 2. The molecular weight excluding hydrogens is 410 g/mol. The average molecular weight is 432 g/mol. The highest BCUT2D eigenvalue weighted by Gasteiger charge is 2.36. The second kappa shape index (κ2) is 8.43. The van der Waals surface area contributed by atoms with E-state index in [4.69, 9.17) is 4.74 Å². The number of H-pyrrole nitrogens is 1. The van der Waals surface area contributed by atoms with Crippen LogP contribution < -0.4 is 15.0 Å². The fourth-order valence-corrected chi connectivity index (χ4v) is 4.23. The lowest BCUT2D eigenvalue weighted by atomic mass is 10.0. The number of benzene rings is 1. The van der Waals surface area contributed by atoms with Gasteiger partial charge in [0.2, 0.25) is 0 Å². The maximum absolute atomic E-state index is 13.9. The molecule has 0 aliphatic carbocycles. The van der Waals surface area contributed by atoms with Crippen LogP contribution in [0.1, 0.15) is 28.9 Å². The molecule has 1 aliphatic rings. The van der Waals surface area contributed by atoms with E-state index < -0.39 is 12.5 Å². The van der Waals surface area contributed by atoms with E-state index in [1.54, 1.807) is 34.4 Å². The minimum Gasteiger partial charge on any atom is -0.497 e. The zero-order valence-electron chi connectivity index (χ0n) is 16.5. The van der Waals surface area contributed by atoms with Gasteiger partial charge >= 0.3 is 0 Å². The van der Waals surface area contributed by atoms with E-state index in [1.165, 1.54) is 7.11 Å². The highest BCUT2D eigenvalue weighted by atomic mass is 32.1. The van der Waals surface area contributed by atoms with Gasteiger partial charge in [-0.3, -0.25) is 9.89 Å². The number of piperidine rings is 1. The Morgan fingerprint density at radius 2 is 2.23 bits per heavy atom. The van der Waals surface area contributed by atoms with Crippen LogP contribution in [0.5, 0.6) is 5.75 Å². The van der Waals surface area contributed by atoms with Crippen LogP contribution in [0.2, 0.25) is 0 Å². The van der Waals surface area contributed by atoms with E-state index in [0.29, 0.717) is 30.0 Å². The summed E-state index contributed by atoms with van der Waals surface area (Å²) in [6, 6.07) is 10.7. The number of amides is 1. The molecule has 1 saturated heterocycles. The molecule has 2 aromatic heterocycles. The minimum absolute atomic E-state index is 0.131. The molecule has 0 spiro atoms. The topological polar surface area (TPSA) is 70.2 Å². The number of rotatable bonds is 6. The molecule has 1 amide bonds. The van der Waals surface area contributed by atoms with Gasteiger partial charge in [-0.05, 0) is 42.1 Å². The van der Waals surface area contributed by atoms with Crippen molar-refractivity contribution in [3.05, 3.63) is 53.0 Å². The number of hydrogen-bond donors (Lipinski definition) is 2. The molecule has 0 saturated carbocycles. The molecule has 9 heteroatoms. The van der Waals surface area contributed by atoms with Crippen molar-refractivity contribution in [1.29, 1.82) is 0 Å². The second-order valence-electron chi connectivity index (χ2n) is 7.20. The number of ether oxygens (including phenoxy) is 1. The van der Waals surface area contributed by atoms with Crippen molar-refractivity contribution in [2.45, 2.75) is 25.3 Å². The Morgan fingerprint density at radius 3 is 2.97 bits per heavy atom. The van der Waals surface area contributed by atoms with Crippen LogP contribution in [0.4, 0.5) is 14.5 Å². The average Bonchev–Trinajstić information content (AvgIpc) is 3.42. The van der Waals surface area contributed by atoms with E-state index in [9.17, 15) is 13.6 Å². The third kappa shape index (κ3) is 4.46. The van der Waals surface area contributed by atoms with Crippen LogP contribution in [0.3, 0.4) is 0 Å². The SMILES string of the molecule is COc1ccc(N2CCCC(F)(F)C2)c(C(=O)NCc2cc(-c3cccs3)n[nH]2)c1. The first-order valence-electron chi connectivity index (χ1n) is 9.62. The van der Waals surface area contributed by atoms with Crippen LogP contribution in [0, 0.1) is 0 Å². The minimum atomic E-state index is -2.76. The van der Waals surface area contributed by atoms with Crippen molar-refractivity contribution >= 4 is 22.9 Å². The predicted molar refractivity (Wildman–Crippen MR) is 112 cm³/mol. The number of thiophene rings is 1. The lowest BCUT2D eigenvalue weighted by molar-refractivity contribution is -0.0117. The van der Waals surface area contributed by atoms with E-state index in [1.807, 2.05) is 23.6 Å². The molecule has 0 radical (unpaired) electrons. The summed E-state index contributed by atoms with van der Waals surface area (Å²) in [5.41, 5.74) is 2.36. The Morgan fingerprint density at radius 1 is 1.37 bits per heavy atom. The molecule has 1 aliphatic heterocycles. The number of aromatic amines is 1. The third-order valence-corrected chi connectivity index (χ3v) is 5.92. The zero-order valence-corrected chi connectivity index (χ0v) is 17.3. The van der Waals surface area contributed by atoms with Crippen molar-refractivity contribution in [3.63, 3.8) is 0 Å². The fraction of sp³-hybridized carbons (Fsp3) is 0.333. The molecule has 3 aromatic rings. The molecule has 0 unspecified atom stereocenters. The van der Waals surface area contributed by atoms with Gasteiger partial charge in [0, 0.05) is 18.7 Å². The molecule has 0 atom stereocenters.